The number of aryl methyl sites for hydroxylation is 2. The molecule has 0 unspecified atom stereocenters. The Kier molecular flexibility index (Phi) is 5.71. The molecule has 0 atom stereocenters. The molecule has 0 aliphatic carbocycles. The molecule has 0 aliphatic rings. The van der Waals surface area contributed by atoms with Crippen LogP contribution >= 0.6 is 0 Å². The van der Waals surface area contributed by atoms with E-state index in [4.69, 9.17) is 0 Å². The van der Waals surface area contributed by atoms with Gasteiger partial charge in [0.15, 0.2) is 0 Å². The molecule has 3 nitrogen and oxygen atoms in total. The lowest BCUT2D eigenvalue weighted by Gasteiger charge is -2.40. The monoisotopic (exact) mass is 444 g/mol. The largest absolute Gasteiger partial charge is 0.508 e. The molecule has 3 aromatic carbocycles. The second kappa shape index (κ2) is 7.76. The van der Waals surface area contributed by atoms with E-state index >= 15 is 13.2 Å². The number of benzene rings is 3. The van der Waals surface area contributed by atoms with Gasteiger partial charge in [0.05, 0.1) is 0 Å². The van der Waals surface area contributed by atoms with Gasteiger partial charge < -0.3 is 15.3 Å². The quantitative estimate of drug-likeness (QED) is 0.402. The van der Waals surface area contributed by atoms with E-state index in [0.717, 1.165) is 0 Å². The third kappa shape index (κ3) is 3.29. The Bertz CT molecular complexity index is 1130. The smallest absolute Gasteiger partial charge is 0.406 e. The number of hydrogen-bond acceptors (Lipinski definition) is 3. The SMILES string of the molecule is Cc1cc(C(c2ccc(O)cc2)(c2cc(C)c(O)c(C)c2C)C(F)(F)F)c(C)c(C)c1O. The highest BCUT2D eigenvalue weighted by Gasteiger charge is 2.60. The number of aromatic hydroxyl groups is 3. The molecule has 0 aliphatic heterocycles. The fraction of sp³-hybridized carbons (Fsp3) is 0.308. The average Bonchev–Trinajstić information content (AvgIpc) is 2.72. The van der Waals surface area contributed by atoms with Crippen molar-refractivity contribution in [3.8, 4) is 17.2 Å². The van der Waals surface area contributed by atoms with Crippen LogP contribution in [0.25, 0.3) is 0 Å². The Morgan fingerprint density at radius 1 is 0.594 bits per heavy atom. The van der Waals surface area contributed by atoms with Crippen LogP contribution in [0.15, 0.2) is 36.4 Å². The molecule has 0 radical (unpaired) electrons. The second-order valence-electron chi connectivity index (χ2n) is 8.47. The van der Waals surface area contributed by atoms with Crippen molar-refractivity contribution >= 4 is 0 Å². The van der Waals surface area contributed by atoms with E-state index < -0.39 is 11.6 Å². The summed E-state index contributed by atoms with van der Waals surface area (Å²) < 4.78 is 46.3. The molecule has 3 aromatic rings. The van der Waals surface area contributed by atoms with Crippen LogP contribution in [-0.4, -0.2) is 21.5 Å². The van der Waals surface area contributed by atoms with Crippen LogP contribution in [0.5, 0.6) is 17.2 Å². The predicted octanol–water partition coefficient (Wildman–Crippen LogP) is 6.55. The van der Waals surface area contributed by atoms with E-state index in [9.17, 15) is 15.3 Å². The van der Waals surface area contributed by atoms with Gasteiger partial charge in [0, 0.05) is 0 Å². The number of hydrogen-bond donors (Lipinski definition) is 3. The zero-order chi connectivity index (χ0) is 24.2. The lowest BCUT2D eigenvalue weighted by Crippen LogP contribution is -2.46. The van der Waals surface area contributed by atoms with Gasteiger partial charge in [-0.25, -0.2) is 0 Å². The summed E-state index contributed by atoms with van der Waals surface area (Å²) in [6, 6.07) is 7.79. The second-order valence-corrected chi connectivity index (χ2v) is 8.47. The highest BCUT2D eigenvalue weighted by molar-refractivity contribution is 5.64. The van der Waals surface area contributed by atoms with Crippen molar-refractivity contribution in [2.75, 3.05) is 0 Å². The summed E-state index contributed by atoms with van der Waals surface area (Å²) in [6.07, 6.45) is -4.79. The minimum atomic E-state index is -4.79. The minimum Gasteiger partial charge on any atom is -0.508 e. The van der Waals surface area contributed by atoms with Gasteiger partial charge in [-0.1, -0.05) is 24.3 Å². The van der Waals surface area contributed by atoms with Crippen LogP contribution in [0.2, 0.25) is 0 Å². The average molecular weight is 444 g/mol. The van der Waals surface area contributed by atoms with Gasteiger partial charge in [-0.15, -0.1) is 0 Å². The summed E-state index contributed by atoms with van der Waals surface area (Å²) in [5.74, 6) is -0.222. The van der Waals surface area contributed by atoms with E-state index in [-0.39, 0.29) is 33.9 Å². The van der Waals surface area contributed by atoms with Gasteiger partial charge >= 0.3 is 6.18 Å². The number of alkyl halides is 3. The summed E-state index contributed by atoms with van der Waals surface area (Å²) in [5, 5.41) is 30.6. The van der Waals surface area contributed by atoms with Gasteiger partial charge in [0.25, 0.3) is 0 Å². The van der Waals surface area contributed by atoms with Crippen molar-refractivity contribution in [2.24, 2.45) is 0 Å². The Hall–Kier alpha value is -3.15. The molecule has 0 bridgehead atoms. The van der Waals surface area contributed by atoms with E-state index in [1.807, 2.05) is 0 Å². The number of phenolic OH excluding ortho intramolecular Hbond substituents is 3. The van der Waals surface area contributed by atoms with Crippen molar-refractivity contribution in [2.45, 2.75) is 53.1 Å². The highest BCUT2D eigenvalue weighted by Crippen LogP contribution is 2.55. The first-order chi connectivity index (χ1) is 14.7. The molecular weight excluding hydrogens is 417 g/mol. The van der Waals surface area contributed by atoms with Crippen molar-refractivity contribution in [1.82, 2.24) is 0 Å². The standard InChI is InChI=1S/C26H27F3O3/c1-13-11-21(15(3)17(5)23(13)31)25(26(27,28)29,19-7-9-20(30)10-8-19)22-12-14(2)24(32)18(6)16(22)4/h7-12,30-32H,1-6H3. The maximum atomic E-state index is 15.4. The van der Waals surface area contributed by atoms with Gasteiger partial charge in [0.1, 0.15) is 22.7 Å². The van der Waals surface area contributed by atoms with Crippen LogP contribution in [0, 0.1) is 41.5 Å². The molecular formula is C26H27F3O3. The lowest BCUT2D eigenvalue weighted by atomic mass is 9.65. The van der Waals surface area contributed by atoms with Crippen LogP contribution in [0.3, 0.4) is 0 Å². The maximum absolute atomic E-state index is 15.4. The van der Waals surface area contributed by atoms with Crippen molar-refractivity contribution < 1.29 is 28.5 Å². The third-order valence-electron chi connectivity index (χ3n) is 6.65. The van der Waals surface area contributed by atoms with Crippen LogP contribution in [0.1, 0.15) is 50.1 Å². The Morgan fingerprint density at radius 3 is 1.31 bits per heavy atom. The van der Waals surface area contributed by atoms with Crippen molar-refractivity contribution in [1.29, 1.82) is 0 Å². The molecule has 3 rings (SSSR count). The summed E-state index contributed by atoms with van der Waals surface area (Å²) in [6.45, 7) is 9.48. The minimum absolute atomic E-state index is 0.00363. The van der Waals surface area contributed by atoms with Crippen molar-refractivity contribution in [3.05, 3.63) is 86.5 Å². The molecule has 0 heterocycles. The van der Waals surface area contributed by atoms with Crippen LogP contribution in [0.4, 0.5) is 13.2 Å². The number of halogens is 3. The van der Waals surface area contributed by atoms with Crippen LogP contribution in [-0.2, 0) is 5.41 Å². The number of phenols is 3. The molecule has 0 saturated carbocycles. The fourth-order valence-corrected chi connectivity index (χ4v) is 4.55. The normalized spacial score (nSPS) is 12.3. The Balaban J connectivity index is 2.66. The Morgan fingerprint density at radius 2 is 0.969 bits per heavy atom. The van der Waals surface area contributed by atoms with Gasteiger partial charge in [-0.2, -0.15) is 13.2 Å². The first-order valence-corrected chi connectivity index (χ1v) is 10.2. The molecule has 3 N–H and O–H groups in total. The molecule has 0 spiro atoms. The van der Waals surface area contributed by atoms with Gasteiger partial charge in [-0.3, -0.25) is 0 Å². The molecule has 0 saturated heterocycles. The first kappa shape index (κ1) is 23.5. The summed E-state index contributed by atoms with van der Waals surface area (Å²) in [5.41, 5.74) is -0.616. The van der Waals surface area contributed by atoms with E-state index in [1.165, 1.54) is 36.4 Å². The molecule has 32 heavy (non-hydrogen) atoms. The number of rotatable bonds is 3. The first-order valence-electron chi connectivity index (χ1n) is 10.2. The summed E-state index contributed by atoms with van der Waals surface area (Å²) in [4.78, 5) is 0. The molecule has 170 valence electrons. The molecule has 6 heteroatoms. The van der Waals surface area contributed by atoms with E-state index in [1.54, 1.807) is 41.5 Å². The van der Waals surface area contributed by atoms with E-state index in [2.05, 4.69) is 0 Å². The topological polar surface area (TPSA) is 60.7 Å². The predicted molar refractivity (Wildman–Crippen MR) is 119 cm³/mol. The third-order valence-corrected chi connectivity index (χ3v) is 6.65. The van der Waals surface area contributed by atoms with Gasteiger partial charge in [-0.05, 0) is 104 Å². The van der Waals surface area contributed by atoms with Crippen LogP contribution < -0.4 is 0 Å². The molecule has 0 fully saturated rings. The van der Waals surface area contributed by atoms with E-state index in [0.29, 0.717) is 33.4 Å². The highest BCUT2D eigenvalue weighted by atomic mass is 19.4. The van der Waals surface area contributed by atoms with Crippen molar-refractivity contribution in [3.63, 3.8) is 0 Å². The fourth-order valence-electron chi connectivity index (χ4n) is 4.55. The summed E-state index contributed by atoms with van der Waals surface area (Å²) in [7, 11) is 0. The van der Waals surface area contributed by atoms with Gasteiger partial charge in [0.2, 0.25) is 0 Å². The zero-order valence-electron chi connectivity index (χ0n) is 18.9. The molecule has 0 aromatic heterocycles. The summed E-state index contributed by atoms with van der Waals surface area (Å²) >= 11 is 0. The lowest BCUT2D eigenvalue weighted by molar-refractivity contribution is -0.166. The maximum Gasteiger partial charge on any atom is 0.406 e. The Labute approximate surface area is 185 Å². The molecule has 0 amide bonds. The zero-order valence-corrected chi connectivity index (χ0v) is 18.9.